The first kappa shape index (κ1) is 28.8. The molecule has 0 aliphatic carbocycles. The molecule has 1 amide bonds. The third-order valence-corrected chi connectivity index (χ3v) is 9.84. The standard InChI is InChI=1S/C36H34N2O4S/c1-25-24-31(39)42-32(25)35(37-43(41)34(2,3)4)29-22-14-15-23-30(29)38(33(35)40)36(26-16-8-5-9-17-26,27-18-10-6-11-19-27)28-20-12-7-13-21-28/h5-24,32,37H,1-4H3/t32-,35-,43?/m1/s1. The average Bonchev–Trinajstić information content (AvgIpc) is 3.48. The van der Waals surface area contributed by atoms with Crippen molar-refractivity contribution < 1.29 is 18.5 Å². The second kappa shape index (κ2) is 10.7. The molecule has 2 aliphatic rings. The number of fused-ring (bicyclic) bond motifs is 1. The first-order valence-electron chi connectivity index (χ1n) is 14.3. The van der Waals surface area contributed by atoms with Gasteiger partial charge in [-0.1, -0.05) is 109 Å². The number of nitrogens with zero attached hydrogens (tertiary/aromatic N) is 1. The molecule has 0 radical (unpaired) electrons. The van der Waals surface area contributed by atoms with E-state index in [1.165, 1.54) is 6.08 Å². The zero-order valence-corrected chi connectivity index (χ0v) is 25.4. The minimum atomic E-state index is -1.71. The van der Waals surface area contributed by atoms with Crippen LogP contribution in [0.25, 0.3) is 0 Å². The maximum absolute atomic E-state index is 15.7. The highest BCUT2D eigenvalue weighted by molar-refractivity contribution is 7.84. The highest BCUT2D eigenvalue weighted by Crippen LogP contribution is 2.54. The van der Waals surface area contributed by atoms with Crippen molar-refractivity contribution in [2.45, 2.75) is 49.6 Å². The van der Waals surface area contributed by atoms with Gasteiger partial charge < -0.3 is 4.74 Å². The predicted octanol–water partition coefficient (Wildman–Crippen LogP) is 6.14. The highest BCUT2D eigenvalue weighted by Gasteiger charge is 2.64. The number of esters is 1. The summed E-state index contributed by atoms with van der Waals surface area (Å²) < 4.78 is 22.4. The fourth-order valence-corrected chi connectivity index (χ4v) is 7.20. The van der Waals surface area contributed by atoms with Crippen LogP contribution in [0.5, 0.6) is 0 Å². The van der Waals surface area contributed by atoms with Crippen molar-refractivity contribution in [2.75, 3.05) is 4.90 Å². The molecule has 0 bridgehead atoms. The van der Waals surface area contributed by atoms with Crippen LogP contribution in [0.15, 0.2) is 127 Å². The summed E-state index contributed by atoms with van der Waals surface area (Å²) in [7, 11) is -1.71. The van der Waals surface area contributed by atoms with Crippen LogP contribution in [0.4, 0.5) is 5.69 Å². The Balaban J connectivity index is 1.73. The van der Waals surface area contributed by atoms with Crippen LogP contribution < -0.4 is 9.62 Å². The molecule has 7 heteroatoms. The van der Waals surface area contributed by atoms with Gasteiger partial charge in [0.05, 0.1) is 21.4 Å². The Hall–Kier alpha value is -4.33. The average molecular weight is 591 g/mol. The van der Waals surface area contributed by atoms with Crippen LogP contribution >= 0.6 is 0 Å². The van der Waals surface area contributed by atoms with E-state index in [9.17, 15) is 9.00 Å². The van der Waals surface area contributed by atoms with Gasteiger partial charge in [-0.25, -0.2) is 13.7 Å². The number of carbonyl (C=O) groups is 2. The molecular weight excluding hydrogens is 556 g/mol. The van der Waals surface area contributed by atoms with Gasteiger partial charge in [-0.3, -0.25) is 9.69 Å². The summed E-state index contributed by atoms with van der Waals surface area (Å²) in [5, 5.41) is 0. The largest absolute Gasteiger partial charge is 0.452 e. The molecule has 0 saturated carbocycles. The molecule has 4 aromatic carbocycles. The topological polar surface area (TPSA) is 75.7 Å². The molecule has 3 atom stereocenters. The molecule has 0 aromatic heterocycles. The quantitative estimate of drug-likeness (QED) is 0.207. The summed E-state index contributed by atoms with van der Waals surface area (Å²) in [6, 6.07) is 37.3. The van der Waals surface area contributed by atoms with Crippen LogP contribution in [-0.4, -0.2) is 26.9 Å². The monoisotopic (exact) mass is 590 g/mol. The highest BCUT2D eigenvalue weighted by atomic mass is 32.2. The van der Waals surface area contributed by atoms with Crippen molar-refractivity contribution in [3.8, 4) is 0 Å². The van der Waals surface area contributed by atoms with E-state index >= 15 is 4.79 Å². The number of rotatable bonds is 7. The lowest BCUT2D eigenvalue weighted by Crippen LogP contribution is -2.63. The van der Waals surface area contributed by atoms with Crippen molar-refractivity contribution in [2.24, 2.45) is 0 Å². The van der Waals surface area contributed by atoms with E-state index in [2.05, 4.69) is 4.72 Å². The molecule has 6 nitrogen and oxygen atoms in total. The van der Waals surface area contributed by atoms with Gasteiger partial charge in [-0.15, -0.1) is 0 Å². The van der Waals surface area contributed by atoms with Gasteiger partial charge in [0, 0.05) is 11.6 Å². The summed E-state index contributed by atoms with van der Waals surface area (Å²) in [6.45, 7) is 7.31. The molecule has 4 aromatic rings. The Morgan fingerprint density at radius 3 is 1.65 bits per heavy atom. The summed E-state index contributed by atoms with van der Waals surface area (Å²) in [4.78, 5) is 30.2. The first-order chi connectivity index (χ1) is 20.6. The van der Waals surface area contributed by atoms with Crippen molar-refractivity contribution >= 4 is 28.5 Å². The molecule has 2 aliphatic heterocycles. The summed E-state index contributed by atoms with van der Waals surface area (Å²) in [5.41, 5.74) is 1.64. The summed E-state index contributed by atoms with van der Waals surface area (Å²) >= 11 is 0. The van der Waals surface area contributed by atoms with E-state index in [4.69, 9.17) is 4.74 Å². The van der Waals surface area contributed by atoms with Gasteiger partial charge in [0.25, 0.3) is 5.91 Å². The van der Waals surface area contributed by atoms with E-state index in [-0.39, 0.29) is 5.91 Å². The molecule has 218 valence electrons. The number of benzene rings is 4. The Morgan fingerprint density at radius 2 is 1.21 bits per heavy atom. The molecule has 2 heterocycles. The number of nitrogens with one attached hydrogen (secondary N) is 1. The number of amides is 1. The second-order valence-corrected chi connectivity index (χ2v) is 13.9. The SMILES string of the molecule is CC1=CC(=O)O[C@H]1[C@@]1(NS(=O)C(C)(C)C)C(=O)N(C(c2ccccc2)(c2ccccc2)c2ccccc2)c2ccccc21. The smallest absolute Gasteiger partial charge is 0.331 e. The normalized spacial score (nSPS) is 20.9. The lowest BCUT2D eigenvalue weighted by molar-refractivity contribution is -0.144. The number of hydrogen-bond acceptors (Lipinski definition) is 4. The Kier molecular flexibility index (Phi) is 7.19. The third-order valence-electron chi connectivity index (χ3n) is 8.22. The number of ether oxygens (including phenoxy) is 1. The maximum atomic E-state index is 15.7. The predicted molar refractivity (Wildman–Crippen MR) is 169 cm³/mol. The van der Waals surface area contributed by atoms with Gasteiger partial charge in [0.1, 0.15) is 5.54 Å². The van der Waals surface area contributed by atoms with Crippen molar-refractivity contribution in [1.82, 2.24) is 4.72 Å². The molecule has 0 fully saturated rings. The summed E-state index contributed by atoms with van der Waals surface area (Å²) in [5.74, 6) is -0.898. The Morgan fingerprint density at radius 1 is 0.744 bits per heavy atom. The van der Waals surface area contributed by atoms with Crippen molar-refractivity contribution in [3.05, 3.63) is 149 Å². The molecular formula is C36H34N2O4S. The van der Waals surface area contributed by atoms with E-state index in [0.29, 0.717) is 16.8 Å². The van der Waals surface area contributed by atoms with E-state index < -0.39 is 38.9 Å². The molecule has 1 unspecified atom stereocenters. The minimum absolute atomic E-state index is 0.365. The maximum Gasteiger partial charge on any atom is 0.331 e. The van der Waals surface area contributed by atoms with Gasteiger partial charge in [0.15, 0.2) is 11.6 Å². The Bertz CT molecular complexity index is 1630. The Labute approximate surface area is 255 Å². The summed E-state index contributed by atoms with van der Waals surface area (Å²) in [6.07, 6.45) is 0.399. The van der Waals surface area contributed by atoms with Gasteiger partial charge in [0.2, 0.25) is 0 Å². The number of carbonyl (C=O) groups excluding carboxylic acids is 2. The van der Waals surface area contributed by atoms with Crippen LogP contribution in [0, 0.1) is 0 Å². The number of hydrogen-bond donors (Lipinski definition) is 1. The van der Waals surface area contributed by atoms with Gasteiger partial charge in [-0.05, 0) is 56.0 Å². The van der Waals surface area contributed by atoms with Crippen LogP contribution in [0.2, 0.25) is 0 Å². The van der Waals surface area contributed by atoms with Gasteiger partial charge >= 0.3 is 5.97 Å². The lowest BCUT2D eigenvalue weighted by atomic mass is 9.75. The zero-order valence-electron chi connectivity index (χ0n) is 24.6. The zero-order chi connectivity index (χ0) is 30.4. The number of anilines is 1. The lowest BCUT2D eigenvalue weighted by Gasteiger charge is -2.45. The molecule has 1 N–H and O–H groups in total. The van der Waals surface area contributed by atoms with E-state index in [0.717, 1.165) is 16.7 Å². The van der Waals surface area contributed by atoms with Crippen molar-refractivity contribution in [1.29, 1.82) is 0 Å². The van der Waals surface area contributed by atoms with Crippen LogP contribution in [-0.2, 0) is 36.4 Å². The van der Waals surface area contributed by atoms with E-state index in [1.807, 2.05) is 141 Å². The third kappa shape index (κ3) is 4.46. The van der Waals surface area contributed by atoms with Crippen LogP contribution in [0.1, 0.15) is 49.9 Å². The van der Waals surface area contributed by atoms with Crippen LogP contribution in [0.3, 0.4) is 0 Å². The number of cyclic esters (lactones) is 1. The molecule has 6 rings (SSSR count). The van der Waals surface area contributed by atoms with Gasteiger partial charge in [-0.2, -0.15) is 0 Å². The second-order valence-electron chi connectivity index (χ2n) is 12.0. The fraction of sp³-hybridized carbons (Fsp3) is 0.222. The van der Waals surface area contributed by atoms with E-state index in [1.54, 1.807) is 6.92 Å². The molecule has 0 saturated heterocycles. The van der Waals surface area contributed by atoms with Crippen molar-refractivity contribution in [3.63, 3.8) is 0 Å². The first-order valence-corrected chi connectivity index (χ1v) is 15.5. The minimum Gasteiger partial charge on any atom is -0.452 e. The molecule has 43 heavy (non-hydrogen) atoms. The molecule has 0 spiro atoms. The number of para-hydroxylation sites is 1. The fourth-order valence-electron chi connectivity index (χ4n) is 6.30.